The zero-order chi connectivity index (χ0) is 10.4. The number of carbonyl (C=O) groups is 1. The van der Waals surface area contributed by atoms with E-state index in [4.69, 9.17) is 5.11 Å². The first-order valence-electron chi connectivity index (χ1n) is 4.84. The number of hydrogen-bond donors (Lipinski definition) is 2. The molecule has 0 bridgehead atoms. The van der Waals surface area contributed by atoms with Gasteiger partial charge in [0.25, 0.3) is 0 Å². The smallest absolute Gasteiger partial charge is 0.354 e. The molecular weight excluding hydrogens is 194 g/mol. The summed E-state index contributed by atoms with van der Waals surface area (Å²) in [5.74, 6) is 0.431. The Morgan fingerprint density at radius 2 is 2.20 bits per heavy atom. The zero-order valence-corrected chi connectivity index (χ0v) is 7.90. The van der Waals surface area contributed by atoms with Crippen LogP contribution in [0.4, 0.5) is 0 Å². The van der Waals surface area contributed by atoms with Gasteiger partial charge in [-0.2, -0.15) is 0 Å². The lowest BCUT2D eigenvalue weighted by atomic mass is 10.3. The number of nitrogens with zero attached hydrogens (tertiary/aromatic N) is 2. The Morgan fingerprint density at radius 3 is 2.87 bits per heavy atom. The Labute approximate surface area is 85.2 Å². The van der Waals surface area contributed by atoms with Crippen LogP contribution in [0.2, 0.25) is 0 Å². The number of aromatic carboxylic acids is 1. The number of carboxylic acid groups (broad SMARTS) is 1. The summed E-state index contributed by atoms with van der Waals surface area (Å²) in [7, 11) is 0. The minimum absolute atomic E-state index is 0.0383. The molecule has 0 radical (unpaired) electrons. The molecule has 2 aromatic heterocycles. The number of hydrogen-bond acceptors (Lipinski definition) is 3. The molecule has 0 amide bonds. The molecule has 2 N–H and O–H groups in total. The van der Waals surface area contributed by atoms with E-state index < -0.39 is 5.97 Å². The quantitative estimate of drug-likeness (QED) is 0.775. The molecule has 0 aromatic carbocycles. The number of aromatic amines is 1. The molecule has 5 heteroatoms. The molecule has 2 aromatic rings. The van der Waals surface area contributed by atoms with Crippen LogP contribution in [0.15, 0.2) is 12.1 Å². The third-order valence-corrected chi connectivity index (χ3v) is 2.55. The number of fused-ring (bicyclic) bond motifs is 1. The van der Waals surface area contributed by atoms with Crippen LogP contribution in [0.5, 0.6) is 0 Å². The fourth-order valence-electron chi connectivity index (χ4n) is 1.58. The summed E-state index contributed by atoms with van der Waals surface area (Å²) in [6.45, 7) is 0. The van der Waals surface area contributed by atoms with Gasteiger partial charge >= 0.3 is 5.97 Å². The van der Waals surface area contributed by atoms with Crippen LogP contribution in [0.25, 0.3) is 11.2 Å². The Hall–Kier alpha value is -1.91. The predicted octanol–water partition coefficient (Wildman–Crippen LogP) is 1.53. The second-order valence-electron chi connectivity index (χ2n) is 3.77. The van der Waals surface area contributed by atoms with Crippen LogP contribution in [0.1, 0.15) is 35.1 Å². The average Bonchev–Trinajstić information content (AvgIpc) is 2.97. The molecule has 0 spiro atoms. The molecule has 1 aliphatic rings. The number of imidazole rings is 1. The third-order valence-electron chi connectivity index (χ3n) is 2.55. The average molecular weight is 203 g/mol. The van der Waals surface area contributed by atoms with E-state index in [9.17, 15) is 4.79 Å². The highest BCUT2D eigenvalue weighted by atomic mass is 16.4. The highest BCUT2D eigenvalue weighted by Crippen LogP contribution is 2.38. The van der Waals surface area contributed by atoms with E-state index in [1.165, 1.54) is 6.07 Å². The van der Waals surface area contributed by atoms with Crippen molar-refractivity contribution in [1.82, 2.24) is 15.0 Å². The summed E-state index contributed by atoms with van der Waals surface area (Å²) in [6.07, 6.45) is 2.32. The van der Waals surface area contributed by atoms with Gasteiger partial charge in [-0.05, 0) is 25.0 Å². The fraction of sp³-hybridized carbons (Fsp3) is 0.300. The molecule has 2 heterocycles. The van der Waals surface area contributed by atoms with Gasteiger partial charge in [-0.25, -0.2) is 14.8 Å². The first-order valence-corrected chi connectivity index (χ1v) is 4.84. The second-order valence-corrected chi connectivity index (χ2v) is 3.77. The minimum atomic E-state index is -1.02. The summed E-state index contributed by atoms with van der Waals surface area (Å²) >= 11 is 0. The van der Waals surface area contributed by atoms with Crippen molar-refractivity contribution in [2.45, 2.75) is 18.8 Å². The molecule has 1 saturated carbocycles. The van der Waals surface area contributed by atoms with Crippen molar-refractivity contribution in [3.8, 4) is 0 Å². The van der Waals surface area contributed by atoms with E-state index in [1.54, 1.807) is 6.07 Å². The molecule has 0 aliphatic heterocycles. The molecule has 0 saturated heterocycles. The standard InChI is InChI=1S/C10H9N3O2/c14-10(15)7-4-3-6-9(12-7)13-8(11-6)5-1-2-5/h3-5H,1-2H2,(H,14,15)(H,11,12,13). The van der Waals surface area contributed by atoms with Gasteiger partial charge in [0.2, 0.25) is 0 Å². The summed E-state index contributed by atoms with van der Waals surface area (Å²) in [5.41, 5.74) is 1.34. The van der Waals surface area contributed by atoms with Gasteiger partial charge in [-0.15, -0.1) is 0 Å². The van der Waals surface area contributed by atoms with Gasteiger partial charge in [0.05, 0.1) is 5.52 Å². The highest BCUT2D eigenvalue weighted by molar-refractivity contribution is 5.88. The molecule has 1 aliphatic carbocycles. The van der Waals surface area contributed by atoms with E-state index in [-0.39, 0.29) is 5.69 Å². The number of carboxylic acids is 1. The largest absolute Gasteiger partial charge is 0.477 e. The number of pyridine rings is 1. The fourth-order valence-corrected chi connectivity index (χ4v) is 1.58. The summed E-state index contributed by atoms with van der Waals surface area (Å²) in [6, 6.07) is 3.20. The molecule has 76 valence electrons. The van der Waals surface area contributed by atoms with E-state index in [0.717, 1.165) is 24.2 Å². The minimum Gasteiger partial charge on any atom is -0.477 e. The van der Waals surface area contributed by atoms with Gasteiger partial charge in [0.15, 0.2) is 11.3 Å². The van der Waals surface area contributed by atoms with Crippen LogP contribution in [-0.4, -0.2) is 26.0 Å². The normalized spacial score (nSPS) is 15.7. The van der Waals surface area contributed by atoms with E-state index in [0.29, 0.717) is 11.6 Å². The van der Waals surface area contributed by atoms with E-state index >= 15 is 0 Å². The van der Waals surface area contributed by atoms with Gasteiger partial charge in [0, 0.05) is 5.92 Å². The van der Waals surface area contributed by atoms with Crippen LogP contribution >= 0.6 is 0 Å². The maximum atomic E-state index is 10.7. The molecule has 3 rings (SSSR count). The van der Waals surface area contributed by atoms with Crippen LogP contribution < -0.4 is 0 Å². The van der Waals surface area contributed by atoms with Crippen molar-refractivity contribution in [1.29, 1.82) is 0 Å². The lowest BCUT2D eigenvalue weighted by Crippen LogP contribution is -1.99. The molecule has 15 heavy (non-hydrogen) atoms. The molecule has 5 nitrogen and oxygen atoms in total. The first kappa shape index (κ1) is 8.40. The van der Waals surface area contributed by atoms with E-state index in [1.807, 2.05) is 0 Å². The van der Waals surface area contributed by atoms with Crippen molar-refractivity contribution in [3.05, 3.63) is 23.7 Å². The Kier molecular flexibility index (Phi) is 1.56. The molecule has 0 atom stereocenters. The summed E-state index contributed by atoms with van der Waals surface area (Å²) in [4.78, 5) is 22.1. The number of nitrogens with one attached hydrogen (secondary N) is 1. The molecule has 0 unspecified atom stereocenters. The summed E-state index contributed by atoms with van der Waals surface area (Å²) in [5, 5.41) is 8.77. The maximum Gasteiger partial charge on any atom is 0.354 e. The monoisotopic (exact) mass is 203 g/mol. The first-order chi connectivity index (χ1) is 7.24. The lowest BCUT2D eigenvalue weighted by molar-refractivity contribution is 0.0691. The van der Waals surface area contributed by atoms with Gasteiger partial charge in [-0.1, -0.05) is 0 Å². The number of H-pyrrole nitrogens is 1. The second kappa shape index (κ2) is 2.79. The Morgan fingerprint density at radius 1 is 1.40 bits per heavy atom. The van der Waals surface area contributed by atoms with Crippen molar-refractivity contribution < 1.29 is 9.90 Å². The third kappa shape index (κ3) is 1.36. The van der Waals surface area contributed by atoms with Crippen molar-refractivity contribution in [2.24, 2.45) is 0 Å². The Bertz CT molecular complexity index is 543. The Balaban J connectivity index is 2.13. The summed E-state index contributed by atoms with van der Waals surface area (Å²) < 4.78 is 0. The SMILES string of the molecule is O=C(O)c1ccc2[nH]c(C3CC3)nc2n1. The maximum absolute atomic E-state index is 10.7. The topological polar surface area (TPSA) is 78.9 Å². The van der Waals surface area contributed by atoms with Gasteiger partial charge in [0.1, 0.15) is 5.82 Å². The zero-order valence-electron chi connectivity index (χ0n) is 7.90. The van der Waals surface area contributed by atoms with E-state index in [2.05, 4.69) is 15.0 Å². The van der Waals surface area contributed by atoms with Gasteiger partial charge in [-0.3, -0.25) is 0 Å². The van der Waals surface area contributed by atoms with Crippen LogP contribution in [0, 0.1) is 0 Å². The van der Waals surface area contributed by atoms with Crippen molar-refractivity contribution in [2.75, 3.05) is 0 Å². The van der Waals surface area contributed by atoms with Crippen molar-refractivity contribution in [3.63, 3.8) is 0 Å². The highest BCUT2D eigenvalue weighted by Gasteiger charge is 2.27. The van der Waals surface area contributed by atoms with Gasteiger partial charge < -0.3 is 10.1 Å². The molecular formula is C10H9N3O2. The lowest BCUT2D eigenvalue weighted by Gasteiger charge is -1.91. The van der Waals surface area contributed by atoms with Crippen LogP contribution in [0.3, 0.4) is 0 Å². The molecule has 1 fully saturated rings. The van der Waals surface area contributed by atoms with Crippen molar-refractivity contribution >= 4 is 17.1 Å². The number of rotatable bonds is 2. The number of aromatic nitrogens is 3. The van der Waals surface area contributed by atoms with Crippen LogP contribution in [-0.2, 0) is 0 Å². The predicted molar refractivity (Wildman–Crippen MR) is 52.8 cm³/mol.